The number of pyridine rings is 1. The first kappa shape index (κ1) is 23.4. The number of rotatable bonds is 9. The van der Waals surface area contributed by atoms with Crippen LogP contribution in [0.1, 0.15) is 16.7 Å². The van der Waals surface area contributed by atoms with Crippen molar-refractivity contribution < 1.29 is 21.6 Å². The topological polar surface area (TPSA) is 109 Å². The second kappa shape index (κ2) is 9.92. The number of sulfonamides is 1. The number of aryl methyl sites for hydroxylation is 1. The molecule has 170 valence electrons. The molecular formula is C20H21F3N6O2S. The van der Waals surface area contributed by atoms with Gasteiger partial charge in [0.2, 0.25) is 10.0 Å². The molecule has 12 heteroatoms. The van der Waals surface area contributed by atoms with Crippen LogP contribution in [0.4, 0.5) is 30.6 Å². The van der Waals surface area contributed by atoms with Gasteiger partial charge in [0.25, 0.3) is 0 Å². The smallest absolute Gasteiger partial charge is 0.369 e. The van der Waals surface area contributed by atoms with Gasteiger partial charge in [-0.05, 0) is 42.3 Å². The summed E-state index contributed by atoms with van der Waals surface area (Å²) in [4.78, 5) is 12.4. The zero-order chi connectivity index (χ0) is 23.2. The lowest BCUT2D eigenvalue weighted by atomic mass is 10.1. The highest BCUT2D eigenvalue weighted by atomic mass is 32.2. The predicted octanol–water partition coefficient (Wildman–Crippen LogP) is 3.47. The maximum absolute atomic E-state index is 12.6. The Morgan fingerprint density at radius 2 is 1.59 bits per heavy atom. The van der Waals surface area contributed by atoms with Gasteiger partial charge >= 0.3 is 6.18 Å². The Morgan fingerprint density at radius 1 is 0.906 bits per heavy atom. The molecule has 2 aromatic heterocycles. The van der Waals surface area contributed by atoms with Crippen LogP contribution >= 0.6 is 0 Å². The number of nitrogens with one attached hydrogen (secondary N) is 3. The first-order valence-electron chi connectivity index (χ1n) is 9.50. The molecule has 0 aliphatic heterocycles. The summed E-state index contributed by atoms with van der Waals surface area (Å²) >= 11 is 0. The Balaban J connectivity index is 1.48. The van der Waals surface area contributed by atoms with Crippen LogP contribution in [0.25, 0.3) is 0 Å². The van der Waals surface area contributed by atoms with Crippen LogP contribution in [0.5, 0.6) is 0 Å². The molecule has 1 aromatic carbocycles. The van der Waals surface area contributed by atoms with Gasteiger partial charge in [0, 0.05) is 25.4 Å². The number of alkyl halides is 3. The van der Waals surface area contributed by atoms with E-state index in [2.05, 4.69) is 30.3 Å². The van der Waals surface area contributed by atoms with Crippen LogP contribution in [-0.4, -0.2) is 36.5 Å². The van der Waals surface area contributed by atoms with Crippen molar-refractivity contribution >= 4 is 27.5 Å². The first-order chi connectivity index (χ1) is 15.1. The van der Waals surface area contributed by atoms with E-state index in [4.69, 9.17) is 0 Å². The van der Waals surface area contributed by atoms with Gasteiger partial charge in [-0.1, -0.05) is 12.1 Å². The maximum atomic E-state index is 12.6. The van der Waals surface area contributed by atoms with Crippen molar-refractivity contribution in [2.75, 3.05) is 23.7 Å². The molecule has 0 saturated heterocycles. The van der Waals surface area contributed by atoms with Crippen molar-refractivity contribution in [2.24, 2.45) is 0 Å². The van der Waals surface area contributed by atoms with Gasteiger partial charge in [-0.3, -0.25) is 0 Å². The summed E-state index contributed by atoms with van der Waals surface area (Å²) in [6, 6.07) is 9.41. The molecule has 0 amide bonds. The van der Waals surface area contributed by atoms with Gasteiger partial charge in [-0.25, -0.2) is 28.1 Å². The molecule has 0 unspecified atom stereocenters. The lowest BCUT2D eigenvalue weighted by molar-refractivity contribution is -0.137. The highest BCUT2D eigenvalue weighted by molar-refractivity contribution is 7.88. The van der Waals surface area contributed by atoms with E-state index in [0.29, 0.717) is 17.5 Å². The molecule has 3 aromatic rings. The van der Waals surface area contributed by atoms with E-state index in [-0.39, 0.29) is 18.7 Å². The molecule has 3 N–H and O–H groups in total. The monoisotopic (exact) mass is 466 g/mol. The lowest BCUT2D eigenvalue weighted by Crippen LogP contribution is -2.30. The van der Waals surface area contributed by atoms with E-state index in [0.717, 1.165) is 29.8 Å². The van der Waals surface area contributed by atoms with Crippen LogP contribution in [0.15, 0.2) is 55.0 Å². The molecule has 0 aliphatic rings. The summed E-state index contributed by atoms with van der Waals surface area (Å²) in [6.45, 7) is 2.25. The van der Waals surface area contributed by atoms with Crippen LogP contribution < -0.4 is 15.4 Å². The standard InChI is InChI=1S/C20H21F3N6O2S/c1-14-6-7-24-18(10-14)29-19-11-17(26-13-27-19)25-8-9-28-32(30,31)12-15-2-4-16(5-3-15)20(21,22)23/h2-7,10-11,13,28H,8-9,12H2,1H3,(H2,24,25,26,27,29). The minimum absolute atomic E-state index is 0.0647. The fraction of sp³-hybridized carbons (Fsp3) is 0.250. The van der Waals surface area contributed by atoms with Gasteiger partial charge in [0.05, 0.1) is 11.3 Å². The molecule has 0 spiro atoms. The van der Waals surface area contributed by atoms with Crippen molar-refractivity contribution in [1.29, 1.82) is 0 Å². The third-order valence-corrected chi connectivity index (χ3v) is 5.59. The molecule has 0 saturated carbocycles. The van der Waals surface area contributed by atoms with Gasteiger partial charge in [-0.15, -0.1) is 0 Å². The van der Waals surface area contributed by atoms with Crippen molar-refractivity contribution in [3.05, 3.63) is 71.7 Å². The predicted molar refractivity (Wildman–Crippen MR) is 115 cm³/mol. The zero-order valence-electron chi connectivity index (χ0n) is 17.0. The summed E-state index contributed by atoms with van der Waals surface area (Å²) in [7, 11) is -3.71. The summed E-state index contributed by atoms with van der Waals surface area (Å²) in [6.07, 6.45) is -1.43. The summed E-state index contributed by atoms with van der Waals surface area (Å²) < 4.78 is 64.5. The van der Waals surface area contributed by atoms with E-state index < -0.39 is 27.5 Å². The first-order valence-corrected chi connectivity index (χ1v) is 11.1. The minimum Gasteiger partial charge on any atom is -0.369 e. The summed E-state index contributed by atoms with van der Waals surface area (Å²) in [5.41, 5.74) is 0.473. The SMILES string of the molecule is Cc1ccnc(Nc2cc(NCCNS(=O)(=O)Cc3ccc(C(F)(F)F)cc3)ncn2)c1. The number of aromatic nitrogens is 3. The number of hydrogen-bond acceptors (Lipinski definition) is 7. The third-order valence-electron chi connectivity index (χ3n) is 4.23. The second-order valence-electron chi connectivity index (χ2n) is 6.91. The Hall–Kier alpha value is -3.25. The van der Waals surface area contributed by atoms with Crippen molar-refractivity contribution in [3.8, 4) is 0 Å². The molecule has 32 heavy (non-hydrogen) atoms. The largest absolute Gasteiger partial charge is 0.416 e. The molecule has 8 nitrogen and oxygen atoms in total. The van der Waals surface area contributed by atoms with Crippen LogP contribution in [-0.2, 0) is 22.0 Å². The lowest BCUT2D eigenvalue weighted by Gasteiger charge is -2.10. The Morgan fingerprint density at radius 3 is 2.28 bits per heavy atom. The molecule has 0 bridgehead atoms. The third kappa shape index (κ3) is 7.17. The van der Waals surface area contributed by atoms with E-state index in [1.54, 1.807) is 12.3 Å². The molecule has 0 atom stereocenters. The number of benzene rings is 1. The molecule has 0 radical (unpaired) electrons. The number of anilines is 3. The van der Waals surface area contributed by atoms with E-state index in [1.807, 2.05) is 19.1 Å². The van der Waals surface area contributed by atoms with Gasteiger partial charge in [0.1, 0.15) is 23.8 Å². The Kier molecular flexibility index (Phi) is 7.26. The highest BCUT2D eigenvalue weighted by Crippen LogP contribution is 2.29. The Labute approximate surface area is 183 Å². The van der Waals surface area contributed by atoms with Crippen LogP contribution in [0.3, 0.4) is 0 Å². The zero-order valence-corrected chi connectivity index (χ0v) is 17.8. The van der Waals surface area contributed by atoms with Crippen LogP contribution in [0.2, 0.25) is 0 Å². The van der Waals surface area contributed by atoms with Crippen LogP contribution in [0, 0.1) is 6.92 Å². The molecular weight excluding hydrogens is 445 g/mol. The molecule has 2 heterocycles. The highest BCUT2D eigenvalue weighted by Gasteiger charge is 2.30. The number of halogens is 3. The molecule has 0 aliphatic carbocycles. The van der Waals surface area contributed by atoms with E-state index in [1.165, 1.54) is 6.33 Å². The number of nitrogens with zero attached hydrogens (tertiary/aromatic N) is 3. The van der Waals surface area contributed by atoms with Crippen molar-refractivity contribution in [1.82, 2.24) is 19.7 Å². The van der Waals surface area contributed by atoms with Crippen molar-refractivity contribution in [3.63, 3.8) is 0 Å². The maximum Gasteiger partial charge on any atom is 0.416 e. The summed E-state index contributed by atoms with van der Waals surface area (Å²) in [5, 5.41) is 6.04. The second-order valence-corrected chi connectivity index (χ2v) is 8.71. The molecule has 3 rings (SSSR count). The fourth-order valence-corrected chi connectivity index (χ4v) is 3.86. The number of hydrogen-bond donors (Lipinski definition) is 3. The molecule has 0 fully saturated rings. The minimum atomic E-state index is -4.46. The van der Waals surface area contributed by atoms with Gasteiger partial charge in [0.15, 0.2) is 0 Å². The average molecular weight is 466 g/mol. The van der Waals surface area contributed by atoms with E-state index >= 15 is 0 Å². The summed E-state index contributed by atoms with van der Waals surface area (Å²) in [5.74, 6) is 1.21. The quantitative estimate of drug-likeness (QED) is 0.414. The van der Waals surface area contributed by atoms with Gasteiger partial charge < -0.3 is 10.6 Å². The Bertz CT molecular complexity index is 1150. The van der Waals surface area contributed by atoms with Gasteiger partial charge in [-0.2, -0.15) is 13.2 Å². The van der Waals surface area contributed by atoms with E-state index in [9.17, 15) is 21.6 Å². The fourth-order valence-electron chi connectivity index (χ4n) is 2.72. The van der Waals surface area contributed by atoms with Crippen molar-refractivity contribution in [2.45, 2.75) is 18.9 Å². The normalized spacial score (nSPS) is 11.9. The average Bonchev–Trinajstić information content (AvgIpc) is 2.71.